The van der Waals surface area contributed by atoms with Gasteiger partial charge in [-0.05, 0) is 48.9 Å². The van der Waals surface area contributed by atoms with Gasteiger partial charge in [0.25, 0.3) is 0 Å². The first-order chi connectivity index (χ1) is 15.4. The molecule has 5 heteroatoms. The van der Waals surface area contributed by atoms with Gasteiger partial charge in [-0.25, -0.2) is 0 Å². The number of hydrogen-bond acceptors (Lipinski definition) is 4. The highest BCUT2D eigenvalue weighted by Crippen LogP contribution is 2.45. The van der Waals surface area contributed by atoms with Crippen LogP contribution >= 0.6 is 0 Å². The van der Waals surface area contributed by atoms with Crippen molar-refractivity contribution >= 4 is 5.91 Å². The first-order valence-electron chi connectivity index (χ1n) is 11.5. The van der Waals surface area contributed by atoms with Crippen molar-refractivity contribution < 1.29 is 19.0 Å². The predicted molar refractivity (Wildman–Crippen MR) is 127 cm³/mol. The maximum Gasteiger partial charge on any atom is 0.219 e. The molecule has 2 aromatic rings. The Morgan fingerprint density at radius 2 is 1.84 bits per heavy atom. The van der Waals surface area contributed by atoms with E-state index in [1.807, 2.05) is 41.3 Å². The van der Waals surface area contributed by atoms with Crippen molar-refractivity contribution in [2.24, 2.45) is 5.92 Å². The molecule has 1 aliphatic heterocycles. The third-order valence-corrected chi connectivity index (χ3v) is 6.76. The van der Waals surface area contributed by atoms with Crippen LogP contribution in [0.15, 0.2) is 48.5 Å². The monoisotopic (exact) mass is 439 g/mol. The van der Waals surface area contributed by atoms with Crippen molar-refractivity contribution in [2.45, 2.75) is 58.1 Å². The van der Waals surface area contributed by atoms with Gasteiger partial charge in [0.15, 0.2) is 0 Å². The average Bonchev–Trinajstić information content (AvgIpc) is 2.82. The summed E-state index contributed by atoms with van der Waals surface area (Å²) in [6, 6.07) is 16.2. The van der Waals surface area contributed by atoms with E-state index in [1.165, 1.54) is 5.56 Å². The van der Waals surface area contributed by atoms with Gasteiger partial charge >= 0.3 is 0 Å². The van der Waals surface area contributed by atoms with E-state index in [4.69, 9.17) is 14.2 Å². The van der Waals surface area contributed by atoms with E-state index in [0.29, 0.717) is 19.0 Å². The molecule has 0 bridgehead atoms. The maximum atomic E-state index is 12.5. The van der Waals surface area contributed by atoms with Crippen molar-refractivity contribution in [1.29, 1.82) is 0 Å². The van der Waals surface area contributed by atoms with Crippen molar-refractivity contribution in [3.63, 3.8) is 0 Å². The lowest BCUT2D eigenvalue weighted by molar-refractivity contribution is -0.130. The number of ether oxygens (including phenoxy) is 3. The van der Waals surface area contributed by atoms with Gasteiger partial charge in [0.2, 0.25) is 5.91 Å². The second-order valence-electron chi connectivity index (χ2n) is 9.13. The minimum atomic E-state index is -0.0899. The second-order valence-corrected chi connectivity index (χ2v) is 9.13. The van der Waals surface area contributed by atoms with Crippen LogP contribution in [0.5, 0.6) is 11.5 Å². The summed E-state index contributed by atoms with van der Waals surface area (Å²) < 4.78 is 17.1. The van der Waals surface area contributed by atoms with Crippen LogP contribution in [0.4, 0.5) is 0 Å². The fourth-order valence-electron chi connectivity index (χ4n) is 4.72. The minimum Gasteiger partial charge on any atom is -0.497 e. The lowest BCUT2D eigenvalue weighted by atomic mass is 9.68. The lowest BCUT2D eigenvalue weighted by Crippen LogP contribution is -2.43. The number of carbonyl (C=O) groups is 1. The Labute approximate surface area is 192 Å². The van der Waals surface area contributed by atoms with Crippen molar-refractivity contribution in [2.75, 3.05) is 27.4 Å². The molecule has 32 heavy (non-hydrogen) atoms. The summed E-state index contributed by atoms with van der Waals surface area (Å²) in [5.41, 5.74) is 2.23. The van der Waals surface area contributed by atoms with Crippen molar-refractivity contribution in [1.82, 2.24) is 4.90 Å². The third-order valence-electron chi connectivity index (χ3n) is 6.76. The minimum absolute atomic E-state index is 0.0865. The Balaban J connectivity index is 1.85. The molecule has 0 unspecified atom stereocenters. The number of para-hydroxylation sites is 1. The van der Waals surface area contributed by atoms with Gasteiger partial charge in [-0.1, -0.05) is 44.2 Å². The van der Waals surface area contributed by atoms with E-state index >= 15 is 0 Å². The van der Waals surface area contributed by atoms with Crippen molar-refractivity contribution in [3.05, 3.63) is 59.7 Å². The number of benzene rings is 2. The summed E-state index contributed by atoms with van der Waals surface area (Å²) in [6.45, 7) is 8.08. The number of rotatable bonds is 9. The Kier molecular flexibility index (Phi) is 8.19. The fraction of sp³-hybridized carbons (Fsp3) is 0.519. The topological polar surface area (TPSA) is 48.0 Å². The summed E-state index contributed by atoms with van der Waals surface area (Å²) in [5, 5.41) is 0. The van der Waals surface area contributed by atoms with Crippen molar-refractivity contribution in [3.8, 4) is 11.5 Å². The molecular weight excluding hydrogens is 402 g/mol. The zero-order chi connectivity index (χ0) is 23.1. The molecule has 0 aliphatic carbocycles. The van der Waals surface area contributed by atoms with Gasteiger partial charge in [0.1, 0.15) is 11.5 Å². The van der Waals surface area contributed by atoms with Crippen LogP contribution in [0.25, 0.3) is 0 Å². The van der Waals surface area contributed by atoms with Gasteiger partial charge in [-0.2, -0.15) is 0 Å². The molecule has 1 fully saturated rings. The number of hydrogen-bond donors (Lipinski definition) is 0. The zero-order valence-electron chi connectivity index (χ0n) is 20.1. The van der Waals surface area contributed by atoms with E-state index in [9.17, 15) is 4.79 Å². The Morgan fingerprint density at radius 1 is 1.12 bits per heavy atom. The van der Waals surface area contributed by atoms with Crippen LogP contribution in [0.2, 0.25) is 0 Å². The van der Waals surface area contributed by atoms with Gasteiger partial charge in [-0.15, -0.1) is 0 Å². The molecule has 0 N–H and O–H groups in total. The first kappa shape index (κ1) is 24.1. The molecule has 0 aromatic heterocycles. The first-order valence-corrected chi connectivity index (χ1v) is 11.5. The average molecular weight is 440 g/mol. The van der Waals surface area contributed by atoms with E-state index in [1.54, 1.807) is 21.1 Å². The number of amides is 1. The van der Waals surface area contributed by atoms with E-state index < -0.39 is 0 Å². The molecule has 1 amide bonds. The summed E-state index contributed by atoms with van der Waals surface area (Å²) in [6.07, 6.45) is 2.92. The number of methoxy groups -OCH3 is 2. The fourth-order valence-corrected chi connectivity index (χ4v) is 4.72. The van der Waals surface area contributed by atoms with E-state index in [-0.39, 0.29) is 17.4 Å². The molecule has 2 aromatic carbocycles. The molecule has 1 saturated heterocycles. The normalized spacial score (nSPS) is 20.8. The largest absolute Gasteiger partial charge is 0.497 e. The molecular formula is C27H37NO4. The van der Waals surface area contributed by atoms with Crippen LogP contribution in [-0.4, -0.2) is 44.3 Å². The predicted octanol–water partition coefficient (Wildman–Crippen LogP) is 5.22. The summed E-state index contributed by atoms with van der Waals surface area (Å²) >= 11 is 0. The van der Waals surface area contributed by atoms with E-state index in [0.717, 1.165) is 42.9 Å². The van der Waals surface area contributed by atoms with Crippen LogP contribution in [0.1, 0.15) is 51.2 Å². The van der Waals surface area contributed by atoms with Crippen LogP contribution in [-0.2, 0) is 21.5 Å². The zero-order valence-corrected chi connectivity index (χ0v) is 20.1. The molecule has 1 heterocycles. The number of carbonyl (C=O) groups excluding carboxylic acids is 1. The van der Waals surface area contributed by atoms with Gasteiger partial charge in [0, 0.05) is 37.6 Å². The second kappa shape index (κ2) is 10.9. The Bertz CT molecular complexity index is 879. The van der Waals surface area contributed by atoms with Crippen LogP contribution in [0.3, 0.4) is 0 Å². The molecule has 1 aliphatic rings. The molecule has 2 atom stereocenters. The molecule has 0 radical (unpaired) electrons. The Hall–Kier alpha value is -2.53. The summed E-state index contributed by atoms with van der Waals surface area (Å²) in [7, 11) is 3.39. The SMILES string of the molecule is COc1ccc(CN(CC[C@]2(c3ccccc3OC)CCO[C@@H](C(C)C)C2)C(C)=O)cc1. The smallest absolute Gasteiger partial charge is 0.219 e. The number of nitrogens with zero attached hydrogens (tertiary/aromatic N) is 1. The van der Waals surface area contributed by atoms with Crippen LogP contribution < -0.4 is 9.47 Å². The quantitative estimate of drug-likeness (QED) is 0.538. The maximum absolute atomic E-state index is 12.5. The molecule has 0 saturated carbocycles. The molecule has 5 nitrogen and oxygen atoms in total. The highest BCUT2D eigenvalue weighted by molar-refractivity contribution is 5.73. The van der Waals surface area contributed by atoms with Crippen LogP contribution in [0, 0.1) is 5.92 Å². The molecule has 3 rings (SSSR count). The van der Waals surface area contributed by atoms with Gasteiger partial charge in [-0.3, -0.25) is 4.79 Å². The van der Waals surface area contributed by atoms with Gasteiger partial charge in [0.05, 0.1) is 20.3 Å². The summed E-state index contributed by atoms with van der Waals surface area (Å²) in [5.74, 6) is 2.26. The van der Waals surface area contributed by atoms with E-state index in [2.05, 4.69) is 26.0 Å². The molecule has 174 valence electrons. The summed E-state index contributed by atoms with van der Waals surface area (Å²) in [4.78, 5) is 14.5. The standard InChI is InChI=1S/C27H37NO4/c1-20(2)26-18-27(15-17-32-26,24-8-6-7-9-25(24)31-5)14-16-28(21(3)29)19-22-10-12-23(30-4)13-11-22/h6-13,20,26H,14-19H2,1-5H3/t26-,27+/m1/s1. The highest BCUT2D eigenvalue weighted by Gasteiger charge is 2.41. The Morgan fingerprint density at radius 3 is 2.47 bits per heavy atom. The van der Waals surface area contributed by atoms with Gasteiger partial charge < -0.3 is 19.1 Å². The lowest BCUT2D eigenvalue weighted by Gasteiger charge is -2.44. The highest BCUT2D eigenvalue weighted by atomic mass is 16.5. The molecule has 0 spiro atoms. The third kappa shape index (κ3) is 5.63.